The second-order valence-electron chi connectivity index (χ2n) is 14.9. The summed E-state index contributed by atoms with van der Waals surface area (Å²) in [4.78, 5) is 12.8. The molecule has 3 heterocycles. The lowest BCUT2D eigenvalue weighted by atomic mass is 9.73. The van der Waals surface area contributed by atoms with Crippen molar-refractivity contribution in [2.24, 2.45) is 0 Å². The SMILES string of the molecule is CC1(C)c2ccccc2N(c2ccccc2)c2cc3c4ccccc4n(C4=CC=C(c5nc(C6=CCCC=C6)cc(-c6ccccc6)n5)CC4)c3cc21. The van der Waals surface area contributed by atoms with Gasteiger partial charge in [0.15, 0.2) is 5.82 Å². The van der Waals surface area contributed by atoms with Crippen LogP contribution in [0.5, 0.6) is 0 Å². The third kappa shape index (κ3) is 5.20. The van der Waals surface area contributed by atoms with Gasteiger partial charge < -0.3 is 9.47 Å². The number of hydrogen-bond donors (Lipinski definition) is 0. The fraction of sp³-hybridized carbons (Fsp3) is 0.143. The van der Waals surface area contributed by atoms with E-state index < -0.39 is 0 Å². The monoisotopic (exact) mass is 684 g/mol. The summed E-state index contributed by atoms with van der Waals surface area (Å²) in [5.74, 6) is 0.814. The van der Waals surface area contributed by atoms with Gasteiger partial charge in [-0.25, -0.2) is 9.97 Å². The van der Waals surface area contributed by atoms with Crippen LogP contribution >= 0.6 is 0 Å². The molecule has 0 atom stereocenters. The maximum Gasteiger partial charge on any atom is 0.156 e. The van der Waals surface area contributed by atoms with Gasteiger partial charge in [0.2, 0.25) is 0 Å². The molecule has 3 aliphatic rings. The number of fused-ring (bicyclic) bond motifs is 5. The molecular formula is C49H40N4. The summed E-state index contributed by atoms with van der Waals surface area (Å²) in [6, 6.07) is 46.1. The Labute approximate surface area is 310 Å². The van der Waals surface area contributed by atoms with E-state index in [9.17, 15) is 0 Å². The molecule has 0 radical (unpaired) electrons. The van der Waals surface area contributed by atoms with E-state index in [-0.39, 0.29) is 5.41 Å². The Morgan fingerprint density at radius 2 is 1.36 bits per heavy atom. The van der Waals surface area contributed by atoms with Gasteiger partial charge in [-0.3, -0.25) is 0 Å². The van der Waals surface area contributed by atoms with Crippen LogP contribution in [-0.2, 0) is 5.41 Å². The van der Waals surface area contributed by atoms with Gasteiger partial charge in [0.25, 0.3) is 0 Å². The number of benzene rings is 5. The van der Waals surface area contributed by atoms with E-state index in [1.807, 2.05) is 0 Å². The van der Waals surface area contributed by atoms with Gasteiger partial charge in [-0.1, -0.05) is 123 Å². The van der Waals surface area contributed by atoms with E-state index in [1.165, 1.54) is 66.8 Å². The number of aromatic nitrogens is 3. The summed E-state index contributed by atoms with van der Waals surface area (Å²) in [6.45, 7) is 4.75. The van der Waals surface area contributed by atoms with Crippen molar-refractivity contribution in [1.82, 2.24) is 14.5 Å². The zero-order valence-electron chi connectivity index (χ0n) is 30.1. The van der Waals surface area contributed by atoms with Crippen LogP contribution in [-0.4, -0.2) is 14.5 Å². The van der Waals surface area contributed by atoms with Crippen LogP contribution in [0.1, 0.15) is 62.2 Å². The predicted octanol–water partition coefficient (Wildman–Crippen LogP) is 12.8. The average Bonchev–Trinajstić information content (AvgIpc) is 3.55. The Morgan fingerprint density at radius 1 is 0.604 bits per heavy atom. The van der Waals surface area contributed by atoms with E-state index in [1.54, 1.807) is 0 Å². The number of hydrogen-bond acceptors (Lipinski definition) is 3. The van der Waals surface area contributed by atoms with Gasteiger partial charge in [0.05, 0.1) is 33.8 Å². The van der Waals surface area contributed by atoms with Gasteiger partial charge in [0.1, 0.15) is 0 Å². The standard InChI is InChI=1S/C49H40N4/c1-49(2)40-23-13-15-25-45(40)53(36-20-10-5-11-21-36)47-30-39-38-22-12-14-24-44(38)52(46(39)31-41(47)49)37-28-26-35(27-29-37)48-50-42(33-16-6-3-7-17-33)32-43(51-48)34-18-8-4-9-19-34/h3,5-8,10-26,28,30-32H,4,9,27,29H2,1-2H3. The van der Waals surface area contributed by atoms with Gasteiger partial charge in [0, 0.05) is 33.1 Å². The van der Waals surface area contributed by atoms with E-state index >= 15 is 0 Å². The first-order valence-electron chi connectivity index (χ1n) is 18.8. The Balaban J connectivity index is 1.13. The molecule has 4 heteroatoms. The Hall–Kier alpha value is -6.26. The van der Waals surface area contributed by atoms with Crippen molar-refractivity contribution < 1.29 is 0 Å². The molecule has 2 aromatic heterocycles. The number of rotatable bonds is 5. The van der Waals surface area contributed by atoms with Crippen molar-refractivity contribution in [2.75, 3.05) is 4.90 Å². The first-order chi connectivity index (χ1) is 26.0. The number of anilines is 3. The molecule has 2 aliphatic carbocycles. The van der Waals surface area contributed by atoms with Gasteiger partial charge in [-0.15, -0.1) is 0 Å². The van der Waals surface area contributed by atoms with Crippen LogP contribution in [0.4, 0.5) is 17.1 Å². The minimum absolute atomic E-state index is 0.192. The summed E-state index contributed by atoms with van der Waals surface area (Å²) >= 11 is 0. The third-order valence-corrected chi connectivity index (χ3v) is 11.3. The largest absolute Gasteiger partial charge is 0.313 e. The highest BCUT2D eigenvalue weighted by Gasteiger charge is 2.37. The zero-order chi connectivity index (χ0) is 35.5. The molecule has 0 unspecified atom stereocenters. The normalized spacial score (nSPS) is 16.2. The van der Waals surface area contributed by atoms with Crippen LogP contribution in [0.2, 0.25) is 0 Å². The Bertz CT molecular complexity index is 2690. The summed E-state index contributed by atoms with van der Waals surface area (Å²) in [5.41, 5.74) is 15.3. The highest BCUT2D eigenvalue weighted by Crippen LogP contribution is 2.53. The fourth-order valence-electron chi connectivity index (χ4n) is 8.62. The summed E-state index contributed by atoms with van der Waals surface area (Å²) in [7, 11) is 0. The molecule has 0 saturated heterocycles. The highest BCUT2D eigenvalue weighted by molar-refractivity contribution is 6.12. The molecule has 0 spiro atoms. The van der Waals surface area contributed by atoms with Crippen LogP contribution in [0, 0.1) is 0 Å². The lowest BCUT2D eigenvalue weighted by Gasteiger charge is -2.42. The summed E-state index contributed by atoms with van der Waals surface area (Å²) in [5, 5.41) is 2.53. The van der Waals surface area contributed by atoms with E-state index in [0.29, 0.717) is 0 Å². The van der Waals surface area contributed by atoms with Crippen molar-refractivity contribution in [2.45, 2.75) is 44.9 Å². The molecule has 53 heavy (non-hydrogen) atoms. The lowest BCUT2D eigenvalue weighted by molar-refractivity contribution is 0.632. The van der Waals surface area contributed by atoms with E-state index in [2.05, 4.69) is 181 Å². The molecule has 256 valence electrons. The molecule has 0 saturated carbocycles. The van der Waals surface area contributed by atoms with Gasteiger partial charge >= 0.3 is 0 Å². The second kappa shape index (κ2) is 12.5. The van der Waals surface area contributed by atoms with Crippen LogP contribution in [0.25, 0.3) is 49.9 Å². The first-order valence-corrected chi connectivity index (χ1v) is 18.8. The highest BCUT2D eigenvalue weighted by atomic mass is 15.2. The van der Waals surface area contributed by atoms with Crippen molar-refractivity contribution in [3.05, 3.63) is 180 Å². The van der Waals surface area contributed by atoms with Crippen molar-refractivity contribution in [3.8, 4) is 11.3 Å². The molecule has 0 bridgehead atoms. The van der Waals surface area contributed by atoms with Crippen molar-refractivity contribution >= 4 is 55.7 Å². The average molecular weight is 685 g/mol. The molecule has 0 N–H and O–H groups in total. The molecular weight excluding hydrogens is 645 g/mol. The fourth-order valence-corrected chi connectivity index (χ4v) is 8.62. The molecule has 10 rings (SSSR count). The molecule has 0 fully saturated rings. The zero-order valence-corrected chi connectivity index (χ0v) is 30.1. The molecule has 5 aromatic carbocycles. The number of nitrogens with zero attached hydrogens (tertiary/aromatic N) is 4. The first kappa shape index (κ1) is 31.5. The summed E-state index contributed by atoms with van der Waals surface area (Å²) < 4.78 is 2.51. The van der Waals surface area contributed by atoms with Crippen LogP contribution in [0.3, 0.4) is 0 Å². The summed E-state index contributed by atoms with van der Waals surface area (Å²) in [6.07, 6.45) is 15.2. The molecule has 1 aliphatic heterocycles. The Morgan fingerprint density at radius 3 is 2.15 bits per heavy atom. The third-order valence-electron chi connectivity index (χ3n) is 11.3. The topological polar surface area (TPSA) is 34.0 Å². The molecule has 4 nitrogen and oxygen atoms in total. The van der Waals surface area contributed by atoms with E-state index in [4.69, 9.17) is 9.97 Å². The quantitative estimate of drug-likeness (QED) is 0.181. The molecule has 0 amide bonds. The predicted molar refractivity (Wildman–Crippen MR) is 222 cm³/mol. The molecule has 7 aromatic rings. The van der Waals surface area contributed by atoms with Gasteiger partial charge in [-0.2, -0.15) is 0 Å². The Kier molecular flexibility index (Phi) is 7.40. The minimum Gasteiger partial charge on any atom is -0.313 e. The number of allylic oxidation sites excluding steroid dienone is 8. The van der Waals surface area contributed by atoms with Gasteiger partial charge in [-0.05, 0) is 96.5 Å². The maximum absolute atomic E-state index is 5.17. The van der Waals surface area contributed by atoms with Crippen LogP contribution in [0.15, 0.2) is 158 Å². The van der Waals surface area contributed by atoms with Crippen LogP contribution < -0.4 is 4.90 Å². The second-order valence-corrected chi connectivity index (χ2v) is 14.9. The maximum atomic E-state index is 5.17. The van der Waals surface area contributed by atoms with Crippen molar-refractivity contribution in [3.63, 3.8) is 0 Å². The van der Waals surface area contributed by atoms with E-state index in [0.717, 1.165) is 48.5 Å². The minimum atomic E-state index is -0.192. The number of para-hydroxylation sites is 3. The lowest BCUT2D eigenvalue weighted by Crippen LogP contribution is -2.30. The smallest absolute Gasteiger partial charge is 0.156 e. The van der Waals surface area contributed by atoms with Crippen molar-refractivity contribution in [1.29, 1.82) is 0 Å².